The van der Waals surface area contributed by atoms with Crippen molar-refractivity contribution in [2.45, 2.75) is 32.9 Å². The van der Waals surface area contributed by atoms with Crippen LogP contribution in [0.2, 0.25) is 10.0 Å². The highest BCUT2D eigenvalue weighted by atomic mass is 35.5. The van der Waals surface area contributed by atoms with Crippen molar-refractivity contribution in [3.8, 4) is 0 Å². The number of amides is 2. The fraction of sp³-hybridized carbons (Fsp3) is 0.263. The van der Waals surface area contributed by atoms with E-state index in [0.29, 0.717) is 27.7 Å². The third-order valence-electron chi connectivity index (χ3n) is 3.83. The van der Waals surface area contributed by atoms with Crippen LogP contribution in [0.3, 0.4) is 0 Å². The average Bonchev–Trinajstić information content (AvgIpc) is 2.61. The summed E-state index contributed by atoms with van der Waals surface area (Å²) < 4.78 is 0. The normalized spacial score (nSPS) is 11.7. The monoisotopic (exact) mass is 378 g/mol. The van der Waals surface area contributed by atoms with Gasteiger partial charge in [-0.05, 0) is 49.2 Å². The second-order valence-electron chi connectivity index (χ2n) is 5.79. The van der Waals surface area contributed by atoms with Gasteiger partial charge in [-0.15, -0.1) is 0 Å². The molecule has 132 valence electrons. The van der Waals surface area contributed by atoms with E-state index >= 15 is 0 Å². The van der Waals surface area contributed by atoms with Crippen LogP contribution in [0.4, 0.5) is 0 Å². The van der Waals surface area contributed by atoms with Crippen LogP contribution in [0.5, 0.6) is 0 Å². The quantitative estimate of drug-likeness (QED) is 0.779. The third kappa shape index (κ3) is 5.48. The Labute approximate surface area is 157 Å². The summed E-state index contributed by atoms with van der Waals surface area (Å²) in [6.07, 6.45) is 0.877. The van der Waals surface area contributed by atoms with E-state index in [2.05, 4.69) is 10.6 Å². The number of halogens is 2. The Hall–Kier alpha value is -2.04. The highest BCUT2D eigenvalue weighted by molar-refractivity contribution is 6.35. The van der Waals surface area contributed by atoms with Gasteiger partial charge in [0, 0.05) is 23.2 Å². The number of hydrogen-bond acceptors (Lipinski definition) is 2. The lowest BCUT2D eigenvalue weighted by Gasteiger charge is -2.12. The first-order valence-corrected chi connectivity index (χ1v) is 8.79. The molecule has 2 aromatic carbocycles. The lowest BCUT2D eigenvalue weighted by molar-refractivity contribution is 0.0934. The van der Waals surface area contributed by atoms with E-state index in [-0.39, 0.29) is 17.9 Å². The standard InChI is InChI=1S/C19H20Cl2N2O2/c1-3-12(2)23-18(24)14-6-4-13(5-7-14)11-22-19(25)16-10-15(20)8-9-17(16)21/h4-10,12H,3,11H2,1-2H3,(H,22,25)(H,23,24)/t12-/m1/s1. The van der Waals surface area contributed by atoms with E-state index < -0.39 is 0 Å². The molecule has 0 aliphatic rings. The second kappa shape index (κ2) is 8.88. The summed E-state index contributed by atoms with van der Waals surface area (Å²) in [6, 6.07) is 12.0. The maximum absolute atomic E-state index is 12.2. The number of rotatable bonds is 6. The second-order valence-corrected chi connectivity index (χ2v) is 6.63. The van der Waals surface area contributed by atoms with Gasteiger partial charge in [0.25, 0.3) is 11.8 Å². The minimum absolute atomic E-state index is 0.101. The summed E-state index contributed by atoms with van der Waals surface area (Å²) in [5.74, 6) is -0.401. The first-order valence-electron chi connectivity index (χ1n) is 8.03. The van der Waals surface area contributed by atoms with E-state index in [4.69, 9.17) is 23.2 Å². The van der Waals surface area contributed by atoms with Crippen molar-refractivity contribution in [2.75, 3.05) is 0 Å². The lowest BCUT2D eigenvalue weighted by Crippen LogP contribution is -2.31. The predicted octanol–water partition coefficient (Wildman–Crippen LogP) is 4.45. The molecule has 0 radical (unpaired) electrons. The van der Waals surface area contributed by atoms with E-state index in [1.807, 2.05) is 26.0 Å². The number of benzene rings is 2. The molecule has 0 bridgehead atoms. The van der Waals surface area contributed by atoms with Gasteiger partial charge in [0.05, 0.1) is 10.6 Å². The van der Waals surface area contributed by atoms with Crippen molar-refractivity contribution in [2.24, 2.45) is 0 Å². The minimum atomic E-state index is -0.300. The summed E-state index contributed by atoms with van der Waals surface area (Å²) in [5, 5.41) is 6.50. The highest BCUT2D eigenvalue weighted by Gasteiger charge is 2.11. The van der Waals surface area contributed by atoms with Gasteiger partial charge >= 0.3 is 0 Å². The Morgan fingerprint density at radius 1 is 1.04 bits per heavy atom. The van der Waals surface area contributed by atoms with Crippen LogP contribution in [-0.4, -0.2) is 17.9 Å². The summed E-state index contributed by atoms with van der Waals surface area (Å²) in [5.41, 5.74) is 1.80. The molecule has 25 heavy (non-hydrogen) atoms. The molecule has 0 saturated carbocycles. The largest absolute Gasteiger partial charge is 0.350 e. The van der Waals surface area contributed by atoms with Gasteiger partial charge in [-0.2, -0.15) is 0 Å². The number of nitrogens with one attached hydrogen (secondary N) is 2. The molecule has 0 aliphatic heterocycles. The summed E-state index contributed by atoms with van der Waals surface area (Å²) in [4.78, 5) is 24.2. The molecule has 0 unspecified atom stereocenters. The molecular weight excluding hydrogens is 359 g/mol. The van der Waals surface area contributed by atoms with Gasteiger partial charge in [-0.25, -0.2) is 0 Å². The van der Waals surface area contributed by atoms with Gasteiger partial charge in [0.15, 0.2) is 0 Å². The summed E-state index contributed by atoms with van der Waals surface area (Å²) in [7, 11) is 0. The molecule has 0 fully saturated rings. The molecule has 0 heterocycles. The maximum atomic E-state index is 12.2. The average molecular weight is 379 g/mol. The Balaban J connectivity index is 1.96. The zero-order chi connectivity index (χ0) is 18.4. The first-order chi connectivity index (χ1) is 11.9. The van der Waals surface area contributed by atoms with Crippen molar-refractivity contribution in [3.05, 3.63) is 69.2 Å². The topological polar surface area (TPSA) is 58.2 Å². The molecule has 0 aliphatic carbocycles. The van der Waals surface area contributed by atoms with Crippen molar-refractivity contribution in [1.29, 1.82) is 0 Å². The molecule has 2 amide bonds. The number of hydrogen-bond donors (Lipinski definition) is 2. The molecule has 2 N–H and O–H groups in total. The SMILES string of the molecule is CC[C@@H](C)NC(=O)c1ccc(CNC(=O)c2cc(Cl)ccc2Cl)cc1. The van der Waals surface area contributed by atoms with Crippen molar-refractivity contribution in [3.63, 3.8) is 0 Å². The molecule has 2 rings (SSSR count). The molecule has 6 heteroatoms. The van der Waals surface area contributed by atoms with E-state index in [9.17, 15) is 9.59 Å². The fourth-order valence-electron chi connectivity index (χ4n) is 2.13. The minimum Gasteiger partial charge on any atom is -0.350 e. The Morgan fingerprint density at radius 2 is 1.72 bits per heavy atom. The lowest BCUT2D eigenvalue weighted by atomic mass is 10.1. The predicted molar refractivity (Wildman–Crippen MR) is 101 cm³/mol. The Bertz CT molecular complexity index is 761. The summed E-state index contributed by atoms with van der Waals surface area (Å²) >= 11 is 11.9. The van der Waals surface area contributed by atoms with Crippen molar-refractivity contribution in [1.82, 2.24) is 10.6 Å². The molecule has 1 atom stereocenters. The van der Waals surface area contributed by atoms with Crippen LogP contribution in [0.1, 0.15) is 46.5 Å². The third-order valence-corrected chi connectivity index (χ3v) is 4.40. The number of carbonyl (C=O) groups excluding carboxylic acids is 2. The molecule has 4 nitrogen and oxygen atoms in total. The molecule has 2 aromatic rings. The van der Waals surface area contributed by atoms with E-state index in [1.54, 1.807) is 24.3 Å². The highest BCUT2D eigenvalue weighted by Crippen LogP contribution is 2.20. The Morgan fingerprint density at radius 3 is 2.36 bits per heavy atom. The van der Waals surface area contributed by atoms with Crippen LogP contribution in [0.15, 0.2) is 42.5 Å². The first kappa shape index (κ1) is 19.3. The Kier molecular flexibility index (Phi) is 6.85. The van der Waals surface area contributed by atoms with Crippen LogP contribution in [0, 0.1) is 0 Å². The van der Waals surface area contributed by atoms with E-state index in [1.165, 1.54) is 6.07 Å². The maximum Gasteiger partial charge on any atom is 0.253 e. The van der Waals surface area contributed by atoms with Gasteiger partial charge < -0.3 is 10.6 Å². The van der Waals surface area contributed by atoms with Gasteiger partial charge in [0.2, 0.25) is 0 Å². The molecule has 0 saturated heterocycles. The van der Waals surface area contributed by atoms with Crippen LogP contribution in [0.25, 0.3) is 0 Å². The van der Waals surface area contributed by atoms with Crippen LogP contribution >= 0.6 is 23.2 Å². The van der Waals surface area contributed by atoms with Crippen LogP contribution in [-0.2, 0) is 6.54 Å². The zero-order valence-electron chi connectivity index (χ0n) is 14.1. The van der Waals surface area contributed by atoms with Gasteiger partial charge in [-0.3, -0.25) is 9.59 Å². The fourth-order valence-corrected chi connectivity index (χ4v) is 2.51. The van der Waals surface area contributed by atoms with Crippen molar-refractivity contribution < 1.29 is 9.59 Å². The smallest absolute Gasteiger partial charge is 0.253 e. The van der Waals surface area contributed by atoms with Crippen molar-refractivity contribution >= 4 is 35.0 Å². The molecular formula is C19H20Cl2N2O2. The molecule has 0 aromatic heterocycles. The van der Waals surface area contributed by atoms with Gasteiger partial charge in [-0.1, -0.05) is 42.3 Å². The van der Waals surface area contributed by atoms with Crippen LogP contribution < -0.4 is 10.6 Å². The zero-order valence-corrected chi connectivity index (χ0v) is 15.6. The van der Waals surface area contributed by atoms with Gasteiger partial charge in [0.1, 0.15) is 0 Å². The van der Waals surface area contributed by atoms with E-state index in [0.717, 1.165) is 12.0 Å². The number of carbonyl (C=O) groups is 2. The molecule has 0 spiro atoms. The summed E-state index contributed by atoms with van der Waals surface area (Å²) in [6.45, 7) is 4.31.